The van der Waals surface area contributed by atoms with Gasteiger partial charge in [0.25, 0.3) is 5.91 Å². The fourth-order valence-corrected chi connectivity index (χ4v) is 5.03. The molecule has 2 amide bonds. The monoisotopic (exact) mass is 407 g/mol. The quantitative estimate of drug-likeness (QED) is 0.746. The lowest BCUT2D eigenvalue weighted by Gasteiger charge is -2.30. The van der Waals surface area contributed by atoms with Crippen LogP contribution < -0.4 is 5.32 Å². The van der Waals surface area contributed by atoms with Crippen molar-refractivity contribution in [3.05, 3.63) is 16.1 Å². The molecule has 6 nitrogen and oxygen atoms in total. The van der Waals surface area contributed by atoms with Crippen LogP contribution in [0.3, 0.4) is 0 Å². The van der Waals surface area contributed by atoms with Gasteiger partial charge in [-0.25, -0.2) is 4.98 Å². The highest BCUT2D eigenvalue weighted by molar-refractivity contribution is 7.09. The number of carbonyl (C=O) groups excluding carboxylic acids is 2. The van der Waals surface area contributed by atoms with Gasteiger partial charge in [-0.1, -0.05) is 26.7 Å². The molecule has 1 saturated heterocycles. The van der Waals surface area contributed by atoms with E-state index in [-0.39, 0.29) is 29.9 Å². The van der Waals surface area contributed by atoms with Gasteiger partial charge < -0.3 is 15.0 Å². The summed E-state index contributed by atoms with van der Waals surface area (Å²) in [5.74, 6) is 0.707. The average molecular weight is 408 g/mol. The Hall–Kier alpha value is -1.47. The van der Waals surface area contributed by atoms with Gasteiger partial charge in [0.05, 0.1) is 12.1 Å². The van der Waals surface area contributed by atoms with Gasteiger partial charge in [0, 0.05) is 31.5 Å². The van der Waals surface area contributed by atoms with E-state index in [1.54, 1.807) is 7.11 Å². The van der Waals surface area contributed by atoms with E-state index in [1.807, 2.05) is 10.3 Å². The minimum absolute atomic E-state index is 0.0116. The highest BCUT2D eigenvalue weighted by atomic mass is 32.1. The van der Waals surface area contributed by atoms with Crippen molar-refractivity contribution in [1.82, 2.24) is 15.2 Å². The van der Waals surface area contributed by atoms with E-state index in [2.05, 4.69) is 24.1 Å². The van der Waals surface area contributed by atoms with E-state index in [9.17, 15) is 9.59 Å². The van der Waals surface area contributed by atoms with Crippen molar-refractivity contribution in [1.29, 1.82) is 0 Å². The molecular formula is C21H33N3O3S. The molecule has 0 bridgehead atoms. The maximum absolute atomic E-state index is 12.8. The van der Waals surface area contributed by atoms with Crippen molar-refractivity contribution in [2.45, 2.75) is 70.9 Å². The third-order valence-electron chi connectivity index (χ3n) is 5.85. The Morgan fingerprint density at radius 1 is 1.25 bits per heavy atom. The van der Waals surface area contributed by atoms with Crippen molar-refractivity contribution in [2.75, 3.05) is 20.2 Å². The predicted octanol–water partition coefficient (Wildman–Crippen LogP) is 3.79. The van der Waals surface area contributed by atoms with E-state index in [0.717, 1.165) is 50.0 Å². The molecular weight excluding hydrogens is 374 g/mol. The van der Waals surface area contributed by atoms with Crippen molar-refractivity contribution >= 4 is 23.2 Å². The fourth-order valence-electron chi connectivity index (χ4n) is 4.17. The molecule has 0 unspecified atom stereocenters. The largest absolute Gasteiger partial charge is 0.381 e. The first-order valence-electron chi connectivity index (χ1n) is 10.6. The van der Waals surface area contributed by atoms with Gasteiger partial charge in [-0.3, -0.25) is 9.59 Å². The molecule has 1 aromatic heterocycles. The Balaban J connectivity index is 1.65. The van der Waals surface area contributed by atoms with Crippen LogP contribution in [0.2, 0.25) is 0 Å². The van der Waals surface area contributed by atoms with Crippen LogP contribution in [0.5, 0.6) is 0 Å². The van der Waals surface area contributed by atoms with Crippen LogP contribution >= 0.6 is 11.3 Å². The van der Waals surface area contributed by atoms with E-state index in [0.29, 0.717) is 24.7 Å². The highest BCUT2D eigenvalue weighted by Gasteiger charge is 2.29. The minimum Gasteiger partial charge on any atom is -0.381 e. The number of methoxy groups -OCH3 is 1. The average Bonchev–Trinajstić information content (AvgIpc) is 3.38. The van der Waals surface area contributed by atoms with E-state index >= 15 is 0 Å². The molecule has 7 heteroatoms. The lowest BCUT2D eigenvalue weighted by atomic mass is 10.0. The van der Waals surface area contributed by atoms with Crippen LogP contribution in [0.4, 0.5) is 0 Å². The topological polar surface area (TPSA) is 71.5 Å². The summed E-state index contributed by atoms with van der Waals surface area (Å²) >= 11 is 1.48. The van der Waals surface area contributed by atoms with Crippen LogP contribution in [0.1, 0.15) is 80.3 Å². The molecule has 156 valence electrons. The Morgan fingerprint density at radius 2 is 1.93 bits per heavy atom. The SMILES string of the molecule is COC1CCN(C(=O)c2csc([C@@H](CC(C)C)NC(=O)C3CCCC3)n2)CC1. The number of nitrogens with one attached hydrogen (secondary N) is 1. The van der Waals surface area contributed by atoms with Crippen LogP contribution in [0.25, 0.3) is 0 Å². The van der Waals surface area contributed by atoms with Crippen LogP contribution in [0, 0.1) is 11.8 Å². The second kappa shape index (κ2) is 9.83. The first-order valence-corrected chi connectivity index (χ1v) is 11.4. The summed E-state index contributed by atoms with van der Waals surface area (Å²) in [6.07, 6.45) is 7.07. The third kappa shape index (κ3) is 5.32. The molecule has 2 aliphatic rings. The zero-order chi connectivity index (χ0) is 20.1. The molecule has 2 heterocycles. The van der Waals surface area contributed by atoms with Crippen molar-refractivity contribution in [3.63, 3.8) is 0 Å². The number of piperidine rings is 1. The molecule has 28 heavy (non-hydrogen) atoms. The number of hydrogen-bond donors (Lipinski definition) is 1. The van der Waals surface area contributed by atoms with Gasteiger partial charge in [-0.05, 0) is 38.0 Å². The summed E-state index contributed by atoms with van der Waals surface area (Å²) in [4.78, 5) is 32.0. The molecule has 1 atom stereocenters. The number of amides is 2. The molecule has 1 saturated carbocycles. The van der Waals surface area contributed by atoms with Crippen LogP contribution in [0.15, 0.2) is 5.38 Å². The summed E-state index contributed by atoms with van der Waals surface area (Å²) < 4.78 is 5.38. The first kappa shape index (κ1) is 21.2. The number of ether oxygens (including phenoxy) is 1. The Morgan fingerprint density at radius 3 is 2.54 bits per heavy atom. The Kier molecular flexibility index (Phi) is 7.46. The van der Waals surface area contributed by atoms with Crippen molar-refractivity contribution in [3.8, 4) is 0 Å². The highest BCUT2D eigenvalue weighted by Crippen LogP contribution is 2.29. The number of carbonyl (C=O) groups is 2. The molecule has 0 aromatic carbocycles. The predicted molar refractivity (Wildman–Crippen MR) is 110 cm³/mol. The van der Waals surface area contributed by atoms with Gasteiger partial charge in [0.15, 0.2) is 0 Å². The number of hydrogen-bond acceptors (Lipinski definition) is 5. The lowest BCUT2D eigenvalue weighted by molar-refractivity contribution is -0.125. The number of rotatable bonds is 7. The Bertz CT molecular complexity index is 662. The third-order valence-corrected chi connectivity index (χ3v) is 6.81. The molecule has 1 aliphatic carbocycles. The van der Waals surface area contributed by atoms with E-state index in [4.69, 9.17) is 4.74 Å². The number of nitrogens with zero attached hydrogens (tertiary/aromatic N) is 2. The van der Waals surface area contributed by atoms with Gasteiger partial charge in [0.2, 0.25) is 5.91 Å². The second-order valence-electron chi connectivity index (χ2n) is 8.47. The van der Waals surface area contributed by atoms with Gasteiger partial charge in [-0.2, -0.15) is 0 Å². The number of thiazole rings is 1. The molecule has 3 rings (SSSR count). The first-order chi connectivity index (χ1) is 13.5. The zero-order valence-electron chi connectivity index (χ0n) is 17.3. The lowest BCUT2D eigenvalue weighted by Crippen LogP contribution is -2.40. The Labute approximate surface area is 172 Å². The summed E-state index contributed by atoms with van der Waals surface area (Å²) in [7, 11) is 1.73. The maximum Gasteiger partial charge on any atom is 0.273 e. The summed E-state index contributed by atoms with van der Waals surface area (Å²) in [6, 6.07) is -0.112. The van der Waals surface area contributed by atoms with Crippen molar-refractivity contribution in [2.24, 2.45) is 11.8 Å². The smallest absolute Gasteiger partial charge is 0.273 e. The molecule has 0 radical (unpaired) electrons. The van der Waals surface area contributed by atoms with E-state index in [1.165, 1.54) is 11.3 Å². The molecule has 2 fully saturated rings. The molecule has 1 N–H and O–H groups in total. The number of aromatic nitrogens is 1. The summed E-state index contributed by atoms with van der Waals surface area (Å²) in [6.45, 7) is 5.71. The fraction of sp³-hybridized carbons (Fsp3) is 0.762. The van der Waals surface area contributed by atoms with Gasteiger partial charge in [-0.15, -0.1) is 11.3 Å². The second-order valence-corrected chi connectivity index (χ2v) is 9.36. The molecule has 1 aliphatic heterocycles. The van der Waals surface area contributed by atoms with Gasteiger partial charge >= 0.3 is 0 Å². The summed E-state index contributed by atoms with van der Waals surface area (Å²) in [5, 5.41) is 5.90. The van der Waals surface area contributed by atoms with Crippen LogP contribution in [-0.2, 0) is 9.53 Å². The van der Waals surface area contributed by atoms with E-state index < -0.39 is 0 Å². The number of likely N-dealkylation sites (tertiary alicyclic amines) is 1. The minimum atomic E-state index is -0.112. The maximum atomic E-state index is 12.8. The zero-order valence-corrected chi connectivity index (χ0v) is 18.1. The normalized spacial score (nSPS) is 19.9. The molecule has 1 aromatic rings. The molecule has 0 spiro atoms. The standard InChI is InChI=1S/C21H33N3O3S/c1-14(2)12-17(22-19(25)15-6-4-5-7-15)20-23-18(13-28-20)21(26)24-10-8-16(27-3)9-11-24/h13-17H,4-12H2,1-3H3,(H,22,25)/t17-/m1/s1. The van der Waals surface area contributed by atoms with Crippen molar-refractivity contribution < 1.29 is 14.3 Å². The van der Waals surface area contributed by atoms with Crippen LogP contribution in [-0.4, -0.2) is 48.0 Å². The summed E-state index contributed by atoms with van der Waals surface area (Å²) in [5.41, 5.74) is 0.500. The van der Waals surface area contributed by atoms with Gasteiger partial charge in [0.1, 0.15) is 10.7 Å².